The maximum Gasteiger partial charge on any atom is 0.260 e. The maximum absolute atomic E-state index is 12.3. The molecule has 1 fully saturated rings. The lowest BCUT2D eigenvalue weighted by Gasteiger charge is -2.27. The zero-order valence-corrected chi connectivity index (χ0v) is 13.3. The third-order valence-electron chi connectivity index (χ3n) is 4.02. The quantitative estimate of drug-likeness (QED) is 0.874. The fraction of sp³-hybridized carbons (Fsp3) is 0.588. The molecule has 0 aliphatic carbocycles. The van der Waals surface area contributed by atoms with Gasteiger partial charge in [-0.2, -0.15) is 0 Å². The molecule has 0 aromatic heterocycles. The van der Waals surface area contributed by atoms with Crippen LogP contribution in [0.1, 0.15) is 38.7 Å². The van der Waals surface area contributed by atoms with Crippen LogP contribution in [0.4, 0.5) is 0 Å². The van der Waals surface area contributed by atoms with E-state index in [1.54, 1.807) is 0 Å². The molecule has 1 atom stereocenters. The van der Waals surface area contributed by atoms with E-state index >= 15 is 0 Å². The van der Waals surface area contributed by atoms with E-state index in [0.717, 1.165) is 31.8 Å². The van der Waals surface area contributed by atoms with Crippen molar-refractivity contribution in [1.82, 2.24) is 10.2 Å². The molecular formula is C17H26N2O2. The molecular weight excluding hydrogens is 264 g/mol. The first-order valence-electron chi connectivity index (χ1n) is 7.84. The SMILES string of the molecule is CCN(C(=O)COc1cccc(C(C)C)c1)C1CCNC1. The normalized spacial score (nSPS) is 18.0. The zero-order chi connectivity index (χ0) is 15.2. The third kappa shape index (κ3) is 4.21. The number of hydrogen-bond donors (Lipinski definition) is 1. The van der Waals surface area contributed by atoms with Gasteiger partial charge in [-0.3, -0.25) is 4.79 Å². The van der Waals surface area contributed by atoms with Crippen molar-refractivity contribution in [3.63, 3.8) is 0 Å². The smallest absolute Gasteiger partial charge is 0.260 e. The first kappa shape index (κ1) is 15.8. The molecule has 1 aromatic carbocycles. The first-order chi connectivity index (χ1) is 10.1. The Balaban J connectivity index is 1.92. The lowest BCUT2D eigenvalue weighted by molar-refractivity contribution is -0.135. The summed E-state index contributed by atoms with van der Waals surface area (Å²) >= 11 is 0. The number of amides is 1. The maximum atomic E-state index is 12.3. The summed E-state index contributed by atoms with van der Waals surface area (Å²) in [6, 6.07) is 8.31. The molecule has 1 N–H and O–H groups in total. The number of nitrogens with zero attached hydrogens (tertiary/aromatic N) is 1. The summed E-state index contributed by atoms with van der Waals surface area (Å²) in [5.74, 6) is 1.30. The van der Waals surface area contributed by atoms with Crippen LogP contribution in [0, 0.1) is 0 Å². The Morgan fingerprint density at radius 3 is 2.90 bits per heavy atom. The molecule has 1 heterocycles. The molecule has 1 amide bonds. The summed E-state index contributed by atoms with van der Waals surface area (Å²) in [5.41, 5.74) is 1.23. The summed E-state index contributed by atoms with van der Waals surface area (Å²) < 4.78 is 5.69. The molecule has 2 rings (SSSR count). The van der Waals surface area contributed by atoms with Crippen molar-refractivity contribution in [2.75, 3.05) is 26.2 Å². The molecule has 1 aliphatic heterocycles. The minimum Gasteiger partial charge on any atom is -0.484 e. The second-order valence-electron chi connectivity index (χ2n) is 5.84. The third-order valence-corrected chi connectivity index (χ3v) is 4.02. The van der Waals surface area contributed by atoms with Crippen LogP contribution in [0.5, 0.6) is 5.75 Å². The van der Waals surface area contributed by atoms with Gasteiger partial charge in [0, 0.05) is 19.1 Å². The number of nitrogens with one attached hydrogen (secondary N) is 1. The van der Waals surface area contributed by atoms with Gasteiger partial charge in [-0.05, 0) is 43.5 Å². The van der Waals surface area contributed by atoms with Crippen molar-refractivity contribution in [2.45, 2.75) is 39.2 Å². The van der Waals surface area contributed by atoms with Crippen LogP contribution >= 0.6 is 0 Å². The Bertz CT molecular complexity index is 468. The average Bonchev–Trinajstić information content (AvgIpc) is 3.00. The van der Waals surface area contributed by atoms with E-state index in [9.17, 15) is 4.79 Å². The molecule has 4 nitrogen and oxygen atoms in total. The van der Waals surface area contributed by atoms with Gasteiger partial charge in [-0.25, -0.2) is 0 Å². The van der Waals surface area contributed by atoms with Gasteiger partial charge in [0.15, 0.2) is 6.61 Å². The fourth-order valence-corrected chi connectivity index (χ4v) is 2.74. The number of likely N-dealkylation sites (N-methyl/N-ethyl adjacent to an activating group) is 1. The minimum atomic E-state index is 0.0705. The lowest BCUT2D eigenvalue weighted by Crippen LogP contribution is -2.43. The van der Waals surface area contributed by atoms with E-state index in [0.29, 0.717) is 12.0 Å². The van der Waals surface area contributed by atoms with Gasteiger partial charge in [-0.15, -0.1) is 0 Å². The number of carbonyl (C=O) groups excluding carboxylic acids is 1. The van der Waals surface area contributed by atoms with Gasteiger partial charge in [0.1, 0.15) is 5.75 Å². The summed E-state index contributed by atoms with van der Waals surface area (Å²) in [6.07, 6.45) is 1.03. The van der Waals surface area contributed by atoms with Crippen molar-refractivity contribution in [3.05, 3.63) is 29.8 Å². The van der Waals surface area contributed by atoms with Crippen molar-refractivity contribution < 1.29 is 9.53 Å². The molecule has 1 aromatic rings. The average molecular weight is 290 g/mol. The molecule has 0 saturated carbocycles. The Kier molecular flexibility index (Phi) is 5.62. The van der Waals surface area contributed by atoms with E-state index in [1.807, 2.05) is 30.0 Å². The van der Waals surface area contributed by atoms with Gasteiger partial charge in [-0.1, -0.05) is 26.0 Å². The van der Waals surface area contributed by atoms with Gasteiger partial charge < -0.3 is 15.0 Å². The molecule has 0 spiro atoms. The highest BCUT2D eigenvalue weighted by Gasteiger charge is 2.25. The Morgan fingerprint density at radius 2 is 2.29 bits per heavy atom. The summed E-state index contributed by atoms with van der Waals surface area (Å²) in [5, 5.41) is 3.30. The van der Waals surface area contributed by atoms with E-state index in [1.165, 1.54) is 5.56 Å². The molecule has 0 bridgehead atoms. The van der Waals surface area contributed by atoms with Crippen molar-refractivity contribution in [2.24, 2.45) is 0 Å². The van der Waals surface area contributed by atoms with Crippen molar-refractivity contribution in [1.29, 1.82) is 0 Å². The molecule has 1 aliphatic rings. The summed E-state index contributed by atoms with van der Waals surface area (Å²) in [7, 11) is 0. The van der Waals surface area contributed by atoms with E-state index < -0.39 is 0 Å². The van der Waals surface area contributed by atoms with Crippen molar-refractivity contribution in [3.8, 4) is 5.75 Å². The zero-order valence-electron chi connectivity index (χ0n) is 13.3. The van der Waals surface area contributed by atoms with Crippen LogP contribution in [-0.2, 0) is 4.79 Å². The van der Waals surface area contributed by atoms with Gasteiger partial charge in [0.25, 0.3) is 5.91 Å². The predicted octanol–water partition coefficient (Wildman–Crippen LogP) is 2.40. The minimum absolute atomic E-state index is 0.0705. The second kappa shape index (κ2) is 7.46. The standard InChI is InChI=1S/C17H26N2O2/c1-4-19(15-8-9-18-11-15)17(20)12-21-16-7-5-6-14(10-16)13(2)3/h5-7,10,13,15,18H,4,8-9,11-12H2,1-3H3. The molecule has 4 heteroatoms. The van der Waals surface area contributed by atoms with Gasteiger partial charge in [0.2, 0.25) is 0 Å². The van der Waals surface area contributed by atoms with Crippen LogP contribution in [-0.4, -0.2) is 43.1 Å². The Hall–Kier alpha value is -1.55. The molecule has 116 valence electrons. The molecule has 1 unspecified atom stereocenters. The number of carbonyl (C=O) groups is 1. The summed E-state index contributed by atoms with van der Waals surface area (Å²) in [4.78, 5) is 14.2. The Labute approximate surface area is 127 Å². The van der Waals surface area contributed by atoms with Crippen LogP contribution in [0.15, 0.2) is 24.3 Å². The summed E-state index contributed by atoms with van der Waals surface area (Å²) in [6.45, 7) is 9.06. The van der Waals surface area contributed by atoms with Gasteiger partial charge >= 0.3 is 0 Å². The van der Waals surface area contributed by atoms with E-state index in [-0.39, 0.29) is 12.5 Å². The number of benzene rings is 1. The predicted molar refractivity (Wildman–Crippen MR) is 84.7 cm³/mol. The topological polar surface area (TPSA) is 41.6 Å². The molecule has 21 heavy (non-hydrogen) atoms. The highest BCUT2D eigenvalue weighted by molar-refractivity contribution is 5.78. The lowest BCUT2D eigenvalue weighted by atomic mass is 10.0. The fourth-order valence-electron chi connectivity index (χ4n) is 2.74. The Morgan fingerprint density at radius 1 is 1.48 bits per heavy atom. The first-order valence-corrected chi connectivity index (χ1v) is 7.84. The van der Waals surface area contributed by atoms with E-state index in [2.05, 4.69) is 25.2 Å². The monoisotopic (exact) mass is 290 g/mol. The highest BCUT2D eigenvalue weighted by Crippen LogP contribution is 2.20. The van der Waals surface area contributed by atoms with Crippen LogP contribution in [0.2, 0.25) is 0 Å². The molecule has 1 saturated heterocycles. The number of hydrogen-bond acceptors (Lipinski definition) is 3. The highest BCUT2D eigenvalue weighted by atomic mass is 16.5. The van der Waals surface area contributed by atoms with E-state index in [4.69, 9.17) is 4.74 Å². The number of rotatable bonds is 6. The van der Waals surface area contributed by atoms with Crippen LogP contribution in [0.25, 0.3) is 0 Å². The van der Waals surface area contributed by atoms with Crippen LogP contribution in [0.3, 0.4) is 0 Å². The van der Waals surface area contributed by atoms with Gasteiger partial charge in [0.05, 0.1) is 0 Å². The van der Waals surface area contributed by atoms with Crippen molar-refractivity contribution >= 4 is 5.91 Å². The number of ether oxygens (including phenoxy) is 1. The second-order valence-corrected chi connectivity index (χ2v) is 5.84. The van der Waals surface area contributed by atoms with Crippen LogP contribution < -0.4 is 10.1 Å². The largest absolute Gasteiger partial charge is 0.484 e. The molecule has 0 radical (unpaired) electrons.